The lowest BCUT2D eigenvalue weighted by molar-refractivity contribution is 0.0305. The van der Waals surface area contributed by atoms with Crippen LogP contribution in [0.5, 0.6) is 5.75 Å². The molecule has 2 unspecified atom stereocenters. The number of ether oxygens (including phenoxy) is 1. The van der Waals surface area contributed by atoms with Crippen LogP contribution in [0.3, 0.4) is 0 Å². The molecule has 0 bridgehead atoms. The standard InChI is InChI=1S/C14H17FO4/c15-9-6-7-12(10(8-9)14(17)18)19-13-5-3-1-2-4-11(13)16/h6-8,11,13,16H,1-5H2,(H,17,18). The van der Waals surface area contributed by atoms with E-state index in [1.165, 1.54) is 6.07 Å². The third-order valence-corrected chi connectivity index (χ3v) is 3.37. The predicted molar refractivity (Wildman–Crippen MR) is 66.9 cm³/mol. The van der Waals surface area contributed by atoms with Gasteiger partial charge in [0.15, 0.2) is 0 Å². The molecule has 104 valence electrons. The molecule has 0 spiro atoms. The third-order valence-electron chi connectivity index (χ3n) is 3.37. The first-order valence-corrected chi connectivity index (χ1v) is 6.45. The molecule has 1 aromatic rings. The van der Waals surface area contributed by atoms with Crippen molar-refractivity contribution in [3.05, 3.63) is 29.6 Å². The summed E-state index contributed by atoms with van der Waals surface area (Å²) in [4.78, 5) is 11.1. The van der Waals surface area contributed by atoms with Crippen LogP contribution in [-0.4, -0.2) is 28.4 Å². The van der Waals surface area contributed by atoms with Crippen molar-refractivity contribution >= 4 is 5.97 Å². The molecule has 0 heterocycles. The van der Waals surface area contributed by atoms with Crippen molar-refractivity contribution in [1.82, 2.24) is 0 Å². The second-order valence-electron chi connectivity index (χ2n) is 4.81. The molecule has 1 aliphatic rings. The Morgan fingerprint density at radius 3 is 2.74 bits per heavy atom. The number of carbonyl (C=O) groups is 1. The van der Waals surface area contributed by atoms with Gasteiger partial charge in [-0.15, -0.1) is 0 Å². The number of benzene rings is 1. The van der Waals surface area contributed by atoms with Gasteiger partial charge in [0.1, 0.15) is 23.2 Å². The van der Waals surface area contributed by atoms with Crippen molar-refractivity contribution in [1.29, 1.82) is 0 Å². The summed E-state index contributed by atoms with van der Waals surface area (Å²) < 4.78 is 18.7. The molecule has 2 N–H and O–H groups in total. The Morgan fingerprint density at radius 2 is 2.00 bits per heavy atom. The molecular formula is C14H17FO4. The number of rotatable bonds is 3. The molecule has 1 saturated carbocycles. The molecule has 2 atom stereocenters. The molecule has 2 rings (SSSR count). The first kappa shape index (κ1) is 13.8. The van der Waals surface area contributed by atoms with Crippen LogP contribution < -0.4 is 4.74 Å². The summed E-state index contributed by atoms with van der Waals surface area (Å²) >= 11 is 0. The zero-order valence-electron chi connectivity index (χ0n) is 10.5. The summed E-state index contributed by atoms with van der Waals surface area (Å²) in [5, 5.41) is 19.0. The van der Waals surface area contributed by atoms with Gasteiger partial charge in [0.2, 0.25) is 0 Å². The second-order valence-corrected chi connectivity index (χ2v) is 4.81. The molecule has 0 aliphatic heterocycles. The second kappa shape index (κ2) is 6.02. The lowest BCUT2D eigenvalue weighted by Crippen LogP contribution is -2.31. The maximum Gasteiger partial charge on any atom is 0.339 e. The highest BCUT2D eigenvalue weighted by Gasteiger charge is 2.25. The van der Waals surface area contributed by atoms with Gasteiger partial charge in [-0.05, 0) is 37.5 Å². The highest BCUT2D eigenvalue weighted by Crippen LogP contribution is 2.26. The lowest BCUT2D eigenvalue weighted by Gasteiger charge is -2.22. The monoisotopic (exact) mass is 268 g/mol. The number of aliphatic hydroxyl groups is 1. The maximum atomic E-state index is 13.1. The fraction of sp³-hybridized carbons (Fsp3) is 0.500. The van der Waals surface area contributed by atoms with Crippen molar-refractivity contribution in [2.75, 3.05) is 0 Å². The molecule has 1 aliphatic carbocycles. The van der Waals surface area contributed by atoms with Crippen LogP contribution in [-0.2, 0) is 0 Å². The molecule has 0 saturated heterocycles. The van der Waals surface area contributed by atoms with Gasteiger partial charge in [-0.3, -0.25) is 0 Å². The Kier molecular flexibility index (Phi) is 4.37. The van der Waals surface area contributed by atoms with Gasteiger partial charge in [-0.2, -0.15) is 0 Å². The Hall–Kier alpha value is -1.62. The molecular weight excluding hydrogens is 251 g/mol. The van der Waals surface area contributed by atoms with Crippen molar-refractivity contribution in [3.63, 3.8) is 0 Å². The fourth-order valence-corrected chi connectivity index (χ4v) is 2.33. The first-order valence-electron chi connectivity index (χ1n) is 6.45. The number of carboxylic acid groups (broad SMARTS) is 1. The minimum Gasteiger partial charge on any atom is -0.487 e. The number of halogens is 1. The van der Waals surface area contributed by atoms with Gasteiger partial charge >= 0.3 is 5.97 Å². The zero-order chi connectivity index (χ0) is 13.8. The van der Waals surface area contributed by atoms with E-state index in [-0.39, 0.29) is 11.3 Å². The summed E-state index contributed by atoms with van der Waals surface area (Å²) in [6.45, 7) is 0. The van der Waals surface area contributed by atoms with E-state index in [1.54, 1.807) is 0 Å². The van der Waals surface area contributed by atoms with Crippen LogP contribution >= 0.6 is 0 Å². The summed E-state index contributed by atoms with van der Waals surface area (Å²) in [5.41, 5.74) is -0.212. The lowest BCUT2D eigenvalue weighted by atomic mass is 10.1. The van der Waals surface area contributed by atoms with Gasteiger partial charge in [-0.1, -0.05) is 12.8 Å². The van der Waals surface area contributed by atoms with E-state index in [2.05, 4.69) is 0 Å². The van der Waals surface area contributed by atoms with Crippen molar-refractivity contribution < 1.29 is 24.1 Å². The van der Waals surface area contributed by atoms with Gasteiger partial charge in [0.25, 0.3) is 0 Å². The maximum absolute atomic E-state index is 13.1. The van der Waals surface area contributed by atoms with E-state index in [0.29, 0.717) is 12.8 Å². The average Bonchev–Trinajstić information content (AvgIpc) is 2.57. The van der Waals surface area contributed by atoms with Crippen LogP contribution in [0, 0.1) is 5.82 Å². The van der Waals surface area contributed by atoms with Gasteiger partial charge in [-0.25, -0.2) is 9.18 Å². The molecule has 0 aromatic heterocycles. The van der Waals surface area contributed by atoms with Gasteiger partial charge < -0.3 is 14.9 Å². The van der Waals surface area contributed by atoms with Gasteiger partial charge in [0, 0.05) is 0 Å². The Morgan fingerprint density at radius 1 is 1.26 bits per heavy atom. The van der Waals surface area contributed by atoms with Crippen LogP contribution in [0.15, 0.2) is 18.2 Å². The number of aromatic carboxylic acids is 1. The number of hydrogen-bond donors (Lipinski definition) is 2. The molecule has 5 heteroatoms. The van der Waals surface area contributed by atoms with E-state index in [0.717, 1.165) is 31.4 Å². The minimum absolute atomic E-state index is 0.111. The third kappa shape index (κ3) is 3.44. The number of aliphatic hydroxyl groups excluding tert-OH is 1. The van der Waals surface area contributed by atoms with E-state index < -0.39 is 24.0 Å². The van der Waals surface area contributed by atoms with Crippen molar-refractivity contribution in [3.8, 4) is 5.75 Å². The highest BCUT2D eigenvalue weighted by molar-refractivity contribution is 5.90. The predicted octanol–water partition coefficient (Wildman–Crippen LogP) is 2.60. The highest BCUT2D eigenvalue weighted by atomic mass is 19.1. The first-order chi connectivity index (χ1) is 9.08. The SMILES string of the molecule is O=C(O)c1cc(F)ccc1OC1CCCCCC1O. The Labute approximate surface area is 110 Å². The van der Waals surface area contributed by atoms with E-state index >= 15 is 0 Å². The molecule has 1 fully saturated rings. The topological polar surface area (TPSA) is 66.8 Å². The molecule has 0 amide bonds. The molecule has 0 radical (unpaired) electrons. The Bertz CT molecular complexity index is 461. The summed E-state index contributed by atoms with van der Waals surface area (Å²) in [7, 11) is 0. The zero-order valence-corrected chi connectivity index (χ0v) is 10.5. The largest absolute Gasteiger partial charge is 0.487 e. The normalized spacial score (nSPS) is 23.7. The van der Waals surface area contributed by atoms with Crippen LogP contribution in [0.4, 0.5) is 4.39 Å². The molecule has 4 nitrogen and oxygen atoms in total. The quantitative estimate of drug-likeness (QED) is 0.827. The van der Waals surface area contributed by atoms with Crippen LogP contribution in [0.2, 0.25) is 0 Å². The van der Waals surface area contributed by atoms with Crippen molar-refractivity contribution in [2.24, 2.45) is 0 Å². The van der Waals surface area contributed by atoms with E-state index in [1.807, 2.05) is 0 Å². The van der Waals surface area contributed by atoms with Crippen molar-refractivity contribution in [2.45, 2.75) is 44.3 Å². The Balaban J connectivity index is 2.19. The molecule has 19 heavy (non-hydrogen) atoms. The summed E-state index contributed by atoms with van der Waals surface area (Å²) in [6.07, 6.45) is 3.21. The van der Waals surface area contributed by atoms with Crippen LogP contribution in [0.1, 0.15) is 42.5 Å². The smallest absolute Gasteiger partial charge is 0.339 e. The summed E-state index contributed by atoms with van der Waals surface area (Å²) in [5.74, 6) is -1.75. The molecule has 1 aromatic carbocycles. The summed E-state index contributed by atoms with van der Waals surface area (Å²) in [6, 6.07) is 3.39. The van der Waals surface area contributed by atoms with E-state index in [9.17, 15) is 14.3 Å². The van der Waals surface area contributed by atoms with Gasteiger partial charge in [0.05, 0.1) is 6.10 Å². The van der Waals surface area contributed by atoms with E-state index in [4.69, 9.17) is 9.84 Å². The average molecular weight is 268 g/mol. The minimum atomic E-state index is -1.24. The number of carboxylic acids is 1. The fourth-order valence-electron chi connectivity index (χ4n) is 2.33. The van der Waals surface area contributed by atoms with Crippen LogP contribution in [0.25, 0.3) is 0 Å². The number of hydrogen-bond acceptors (Lipinski definition) is 3.